The number of benzene rings is 1. The molecular formula is C21H34F3N5. The Hall–Kier alpha value is -1.80. The summed E-state index contributed by atoms with van der Waals surface area (Å²) in [6, 6.07) is 8.38. The fourth-order valence-corrected chi connectivity index (χ4v) is 3.56. The van der Waals surface area contributed by atoms with Crippen LogP contribution in [0.2, 0.25) is 0 Å². The van der Waals surface area contributed by atoms with Crippen molar-refractivity contribution in [2.45, 2.75) is 52.5 Å². The predicted octanol–water partition coefficient (Wildman–Crippen LogP) is 3.22. The summed E-state index contributed by atoms with van der Waals surface area (Å²) in [6.45, 7) is 10.4. The van der Waals surface area contributed by atoms with Gasteiger partial charge in [0.05, 0.1) is 13.1 Å². The summed E-state index contributed by atoms with van der Waals surface area (Å²) in [6.07, 6.45) is -3.47. The van der Waals surface area contributed by atoms with E-state index in [9.17, 15) is 13.2 Å². The summed E-state index contributed by atoms with van der Waals surface area (Å²) in [5.41, 5.74) is 2.38. The van der Waals surface area contributed by atoms with Crippen LogP contribution in [0.3, 0.4) is 0 Å². The molecule has 0 aliphatic carbocycles. The molecule has 1 heterocycles. The molecule has 0 amide bonds. The number of rotatable bonds is 9. The van der Waals surface area contributed by atoms with Gasteiger partial charge in [-0.05, 0) is 37.6 Å². The van der Waals surface area contributed by atoms with Crippen molar-refractivity contribution < 1.29 is 13.2 Å². The largest absolute Gasteiger partial charge is 0.401 e. The van der Waals surface area contributed by atoms with Gasteiger partial charge in [-0.25, -0.2) is 4.99 Å². The summed E-state index contributed by atoms with van der Waals surface area (Å²) in [5.74, 6) is 0.653. The van der Waals surface area contributed by atoms with Gasteiger partial charge in [0, 0.05) is 32.2 Å². The summed E-state index contributed by atoms with van der Waals surface area (Å²) in [5, 5.41) is 6.49. The molecule has 0 radical (unpaired) electrons. The molecule has 1 unspecified atom stereocenters. The Morgan fingerprint density at radius 3 is 2.59 bits per heavy atom. The van der Waals surface area contributed by atoms with Crippen LogP contribution in [0.4, 0.5) is 13.2 Å². The van der Waals surface area contributed by atoms with Gasteiger partial charge in [0.2, 0.25) is 0 Å². The van der Waals surface area contributed by atoms with Crippen molar-refractivity contribution in [1.82, 2.24) is 20.4 Å². The summed E-state index contributed by atoms with van der Waals surface area (Å²) < 4.78 is 37.7. The topological polar surface area (TPSA) is 42.9 Å². The Morgan fingerprint density at radius 2 is 1.93 bits per heavy atom. The van der Waals surface area contributed by atoms with E-state index in [1.807, 2.05) is 6.92 Å². The average molecular weight is 414 g/mol. The van der Waals surface area contributed by atoms with Crippen molar-refractivity contribution >= 4 is 5.96 Å². The lowest BCUT2D eigenvalue weighted by molar-refractivity contribution is -0.143. The minimum atomic E-state index is -4.15. The van der Waals surface area contributed by atoms with Crippen molar-refractivity contribution in [3.05, 3.63) is 35.4 Å². The van der Waals surface area contributed by atoms with Crippen LogP contribution < -0.4 is 10.6 Å². The van der Waals surface area contributed by atoms with E-state index in [0.717, 1.165) is 25.2 Å². The Bertz CT molecular complexity index is 643. The van der Waals surface area contributed by atoms with Crippen LogP contribution in [0.15, 0.2) is 29.3 Å². The van der Waals surface area contributed by atoms with E-state index >= 15 is 0 Å². The molecule has 1 fully saturated rings. The second-order valence-electron chi connectivity index (χ2n) is 7.46. The summed E-state index contributed by atoms with van der Waals surface area (Å²) in [7, 11) is 0. The van der Waals surface area contributed by atoms with Gasteiger partial charge < -0.3 is 10.6 Å². The second kappa shape index (κ2) is 11.4. The molecule has 1 atom stereocenters. The Morgan fingerprint density at radius 1 is 1.21 bits per heavy atom. The van der Waals surface area contributed by atoms with Crippen LogP contribution in [-0.4, -0.2) is 67.2 Å². The van der Waals surface area contributed by atoms with Crippen molar-refractivity contribution in [3.8, 4) is 0 Å². The average Bonchev–Trinajstić information content (AvgIpc) is 3.09. The number of likely N-dealkylation sites (tertiary alicyclic amines) is 1. The molecule has 8 heteroatoms. The van der Waals surface area contributed by atoms with Crippen molar-refractivity contribution in [3.63, 3.8) is 0 Å². The first-order valence-corrected chi connectivity index (χ1v) is 10.5. The molecule has 1 aliphatic rings. The lowest BCUT2D eigenvalue weighted by atomic mass is 10.1. The van der Waals surface area contributed by atoms with Gasteiger partial charge in [-0.15, -0.1) is 0 Å². The third-order valence-electron chi connectivity index (χ3n) is 5.07. The van der Waals surface area contributed by atoms with E-state index in [0.29, 0.717) is 38.6 Å². The highest BCUT2D eigenvalue weighted by molar-refractivity contribution is 5.80. The minimum Gasteiger partial charge on any atom is -0.357 e. The quantitative estimate of drug-likeness (QED) is 0.482. The first kappa shape index (κ1) is 23.5. The minimum absolute atomic E-state index is 0.0239. The first-order valence-electron chi connectivity index (χ1n) is 10.5. The molecule has 1 aromatic rings. The maximum absolute atomic E-state index is 12.6. The zero-order valence-electron chi connectivity index (χ0n) is 17.7. The summed E-state index contributed by atoms with van der Waals surface area (Å²) in [4.78, 5) is 8.45. The standard InChI is InChI=1S/C21H34F3N5/c1-4-25-20(27-19-10-11-29(15-19)16-21(22,23)24)26-13-17-8-7-9-18(12-17)14-28(5-2)6-3/h7-9,12,19H,4-6,10-11,13-16H2,1-3H3,(H2,25,26,27). The number of guanidine groups is 1. The van der Waals surface area contributed by atoms with Gasteiger partial charge in [-0.2, -0.15) is 13.2 Å². The SMILES string of the molecule is CCNC(=NCc1cccc(CN(CC)CC)c1)NC1CCN(CC(F)(F)F)C1. The third kappa shape index (κ3) is 8.62. The van der Waals surface area contributed by atoms with E-state index in [-0.39, 0.29) is 6.04 Å². The molecular weight excluding hydrogens is 379 g/mol. The number of hydrogen-bond acceptors (Lipinski definition) is 3. The molecule has 0 spiro atoms. The van der Waals surface area contributed by atoms with Crippen LogP contribution in [0.25, 0.3) is 0 Å². The highest BCUT2D eigenvalue weighted by atomic mass is 19.4. The highest BCUT2D eigenvalue weighted by Crippen LogP contribution is 2.20. The number of nitrogens with zero attached hydrogens (tertiary/aromatic N) is 3. The molecule has 1 aliphatic heterocycles. The van der Waals surface area contributed by atoms with Crippen LogP contribution in [-0.2, 0) is 13.1 Å². The molecule has 0 aromatic heterocycles. The van der Waals surface area contributed by atoms with Crippen molar-refractivity contribution in [1.29, 1.82) is 0 Å². The predicted molar refractivity (Wildman–Crippen MR) is 112 cm³/mol. The molecule has 0 saturated carbocycles. The van der Waals surface area contributed by atoms with E-state index in [1.165, 1.54) is 10.5 Å². The monoisotopic (exact) mass is 413 g/mol. The lowest BCUT2D eigenvalue weighted by Crippen LogP contribution is -2.45. The van der Waals surface area contributed by atoms with Gasteiger partial charge in [-0.1, -0.05) is 38.1 Å². The molecule has 164 valence electrons. The summed E-state index contributed by atoms with van der Waals surface area (Å²) >= 11 is 0. The van der Waals surface area contributed by atoms with Gasteiger partial charge in [0.25, 0.3) is 0 Å². The van der Waals surface area contributed by atoms with Crippen molar-refractivity contribution in [2.24, 2.45) is 4.99 Å². The number of hydrogen-bond donors (Lipinski definition) is 2. The van der Waals surface area contributed by atoms with Crippen LogP contribution in [0.1, 0.15) is 38.3 Å². The Balaban J connectivity index is 1.94. The molecule has 0 bridgehead atoms. The number of nitrogens with one attached hydrogen (secondary N) is 2. The van der Waals surface area contributed by atoms with Crippen molar-refractivity contribution in [2.75, 3.05) is 39.3 Å². The maximum atomic E-state index is 12.6. The van der Waals surface area contributed by atoms with Gasteiger partial charge in [0.15, 0.2) is 5.96 Å². The van der Waals surface area contributed by atoms with E-state index < -0.39 is 12.7 Å². The Kier molecular flexibility index (Phi) is 9.23. The molecule has 1 aromatic carbocycles. The van der Waals surface area contributed by atoms with Gasteiger partial charge in [-0.3, -0.25) is 9.80 Å². The normalized spacial score (nSPS) is 18.4. The third-order valence-corrected chi connectivity index (χ3v) is 5.07. The molecule has 1 saturated heterocycles. The fraction of sp³-hybridized carbons (Fsp3) is 0.667. The van der Waals surface area contributed by atoms with Crippen LogP contribution in [0, 0.1) is 0 Å². The lowest BCUT2D eigenvalue weighted by Gasteiger charge is -2.20. The molecule has 5 nitrogen and oxygen atoms in total. The fourth-order valence-electron chi connectivity index (χ4n) is 3.56. The van der Waals surface area contributed by atoms with Crippen LogP contribution >= 0.6 is 0 Å². The second-order valence-corrected chi connectivity index (χ2v) is 7.46. The van der Waals surface area contributed by atoms with E-state index in [4.69, 9.17) is 0 Å². The maximum Gasteiger partial charge on any atom is 0.401 e. The van der Waals surface area contributed by atoms with Gasteiger partial charge in [0.1, 0.15) is 0 Å². The number of alkyl halides is 3. The smallest absolute Gasteiger partial charge is 0.357 e. The molecule has 2 N–H and O–H groups in total. The van der Waals surface area contributed by atoms with Gasteiger partial charge >= 0.3 is 6.18 Å². The highest BCUT2D eigenvalue weighted by Gasteiger charge is 2.34. The molecule has 2 rings (SSSR count). The zero-order valence-corrected chi connectivity index (χ0v) is 17.7. The zero-order chi connectivity index (χ0) is 21.3. The molecule has 29 heavy (non-hydrogen) atoms. The van der Waals surface area contributed by atoms with Crippen LogP contribution in [0.5, 0.6) is 0 Å². The number of halogens is 3. The Labute approximate surface area is 172 Å². The van der Waals surface area contributed by atoms with E-state index in [2.05, 4.69) is 58.6 Å². The van der Waals surface area contributed by atoms with E-state index in [1.54, 1.807) is 0 Å². The number of aliphatic imine (C=N–C) groups is 1. The first-order chi connectivity index (χ1) is 13.8.